The summed E-state index contributed by atoms with van der Waals surface area (Å²) >= 11 is 0. The molecule has 4 rings (SSSR count). The molecular formula is C30H32N2O4. The van der Waals surface area contributed by atoms with Crippen molar-refractivity contribution in [3.05, 3.63) is 95.6 Å². The SMILES string of the molecule is CCCCCOc1ccc(/C(O)=C2/C(=O)C(=O)N(c3ccccc3)C2c2ccc(N(C)C)cc2)cc1. The number of carbonyl (C=O) groups is 2. The zero-order valence-corrected chi connectivity index (χ0v) is 21.0. The number of anilines is 2. The van der Waals surface area contributed by atoms with Crippen molar-refractivity contribution in [1.82, 2.24) is 0 Å². The molecule has 3 aromatic rings. The Bertz CT molecular complexity index is 1230. The van der Waals surface area contributed by atoms with Crippen molar-refractivity contribution in [2.24, 2.45) is 0 Å². The van der Waals surface area contributed by atoms with Crippen molar-refractivity contribution in [3.63, 3.8) is 0 Å². The largest absolute Gasteiger partial charge is 0.507 e. The van der Waals surface area contributed by atoms with E-state index in [0.717, 1.165) is 30.5 Å². The predicted molar refractivity (Wildman–Crippen MR) is 143 cm³/mol. The molecule has 1 unspecified atom stereocenters. The van der Waals surface area contributed by atoms with Gasteiger partial charge in [-0.2, -0.15) is 0 Å². The minimum absolute atomic E-state index is 0.0677. The molecule has 1 fully saturated rings. The maximum atomic E-state index is 13.3. The van der Waals surface area contributed by atoms with Crippen LogP contribution in [0.15, 0.2) is 84.4 Å². The highest BCUT2D eigenvalue weighted by Gasteiger charge is 2.46. The fourth-order valence-corrected chi connectivity index (χ4v) is 4.36. The van der Waals surface area contributed by atoms with E-state index in [2.05, 4.69) is 6.92 Å². The molecule has 0 aromatic heterocycles. The van der Waals surface area contributed by atoms with Gasteiger partial charge in [-0.3, -0.25) is 14.5 Å². The molecule has 1 amide bonds. The van der Waals surface area contributed by atoms with E-state index in [9.17, 15) is 14.7 Å². The quantitative estimate of drug-likeness (QED) is 0.176. The van der Waals surface area contributed by atoms with Crippen LogP contribution in [0.25, 0.3) is 5.76 Å². The Labute approximate surface area is 212 Å². The fraction of sp³-hybridized carbons (Fsp3) is 0.267. The Kier molecular flexibility index (Phi) is 7.74. The van der Waals surface area contributed by atoms with Gasteiger partial charge in [0, 0.05) is 31.0 Å². The van der Waals surface area contributed by atoms with Crippen LogP contribution in [0, 0.1) is 0 Å². The van der Waals surface area contributed by atoms with E-state index in [1.165, 1.54) is 4.90 Å². The van der Waals surface area contributed by atoms with E-state index in [0.29, 0.717) is 23.6 Å². The van der Waals surface area contributed by atoms with Crippen LogP contribution in [0.4, 0.5) is 11.4 Å². The molecule has 186 valence electrons. The lowest BCUT2D eigenvalue weighted by Crippen LogP contribution is -2.29. The van der Waals surface area contributed by atoms with Gasteiger partial charge in [-0.15, -0.1) is 0 Å². The van der Waals surface area contributed by atoms with E-state index in [1.807, 2.05) is 61.5 Å². The summed E-state index contributed by atoms with van der Waals surface area (Å²) in [6.07, 6.45) is 3.21. The number of rotatable bonds is 9. The van der Waals surface area contributed by atoms with Crippen LogP contribution in [0.3, 0.4) is 0 Å². The molecule has 3 aromatic carbocycles. The monoisotopic (exact) mass is 484 g/mol. The van der Waals surface area contributed by atoms with Gasteiger partial charge in [0.05, 0.1) is 18.2 Å². The number of aliphatic hydroxyl groups is 1. The maximum Gasteiger partial charge on any atom is 0.300 e. The van der Waals surface area contributed by atoms with Crippen LogP contribution in [0.1, 0.15) is 43.4 Å². The maximum absolute atomic E-state index is 13.3. The van der Waals surface area contributed by atoms with Crippen LogP contribution in [0.2, 0.25) is 0 Å². The average Bonchev–Trinajstić information content (AvgIpc) is 3.17. The van der Waals surface area contributed by atoms with Gasteiger partial charge in [0.1, 0.15) is 11.5 Å². The first-order valence-electron chi connectivity index (χ1n) is 12.3. The number of hydrogen-bond donors (Lipinski definition) is 1. The van der Waals surface area contributed by atoms with Crippen molar-refractivity contribution in [3.8, 4) is 5.75 Å². The molecule has 1 aliphatic heterocycles. The molecule has 1 aliphatic rings. The molecule has 6 heteroatoms. The van der Waals surface area contributed by atoms with Gasteiger partial charge >= 0.3 is 0 Å². The summed E-state index contributed by atoms with van der Waals surface area (Å²) < 4.78 is 5.77. The second-order valence-corrected chi connectivity index (χ2v) is 9.07. The number of hydrogen-bond acceptors (Lipinski definition) is 5. The van der Waals surface area contributed by atoms with E-state index in [1.54, 1.807) is 36.4 Å². The van der Waals surface area contributed by atoms with Crippen molar-refractivity contribution in [2.75, 3.05) is 30.5 Å². The molecule has 0 saturated carbocycles. The lowest BCUT2D eigenvalue weighted by molar-refractivity contribution is -0.132. The molecule has 1 heterocycles. The van der Waals surface area contributed by atoms with Crippen molar-refractivity contribution >= 4 is 28.8 Å². The van der Waals surface area contributed by atoms with Crippen molar-refractivity contribution < 1.29 is 19.4 Å². The summed E-state index contributed by atoms with van der Waals surface area (Å²) in [5, 5.41) is 11.3. The van der Waals surface area contributed by atoms with Crippen LogP contribution in [-0.4, -0.2) is 37.5 Å². The molecule has 1 atom stereocenters. The number of ether oxygens (including phenoxy) is 1. The normalized spacial score (nSPS) is 16.9. The predicted octanol–water partition coefficient (Wildman–Crippen LogP) is 5.95. The minimum Gasteiger partial charge on any atom is -0.507 e. The van der Waals surface area contributed by atoms with Crippen molar-refractivity contribution in [1.29, 1.82) is 0 Å². The Morgan fingerprint density at radius 3 is 2.19 bits per heavy atom. The molecule has 0 spiro atoms. The minimum atomic E-state index is -0.756. The highest BCUT2D eigenvalue weighted by molar-refractivity contribution is 6.51. The number of unbranched alkanes of at least 4 members (excludes halogenated alkanes) is 2. The highest BCUT2D eigenvalue weighted by Crippen LogP contribution is 2.42. The number of ketones is 1. The Morgan fingerprint density at radius 1 is 0.917 bits per heavy atom. The number of amides is 1. The Hall–Kier alpha value is -4.06. The van der Waals surface area contributed by atoms with E-state index < -0.39 is 17.7 Å². The number of nitrogens with zero attached hydrogens (tertiary/aromatic N) is 2. The molecule has 36 heavy (non-hydrogen) atoms. The zero-order chi connectivity index (χ0) is 25.7. The van der Waals surface area contributed by atoms with Gasteiger partial charge in [-0.1, -0.05) is 50.1 Å². The first kappa shape index (κ1) is 25.0. The van der Waals surface area contributed by atoms with Gasteiger partial charge in [0.25, 0.3) is 11.7 Å². The second-order valence-electron chi connectivity index (χ2n) is 9.07. The summed E-state index contributed by atoms with van der Waals surface area (Å²) in [5.74, 6) is -0.882. The third-order valence-electron chi connectivity index (χ3n) is 6.35. The number of carbonyl (C=O) groups excluding carboxylic acids is 2. The number of benzene rings is 3. The fourth-order valence-electron chi connectivity index (χ4n) is 4.36. The second kappa shape index (κ2) is 11.1. The van der Waals surface area contributed by atoms with Gasteiger partial charge in [-0.05, 0) is 60.5 Å². The van der Waals surface area contributed by atoms with Gasteiger partial charge in [0.15, 0.2) is 0 Å². The zero-order valence-electron chi connectivity index (χ0n) is 21.0. The summed E-state index contributed by atoms with van der Waals surface area (Å²) in [7, 11) is 3.89. The molecule has 0 aliphatic carbocycles. The van der Waals surface area contributed by atoms with Crippen LogP contribution in [-0.2, 0) is 9.59 Å². The number of para-hydroxylation sites is 1. The van der Waals surface area contributed by atoms with Gasteiger partial charge in [0.2, 0.25) is 0 Å². The molecule has 1 N–H and O–H groups in total. The van der Waals surface area contributed by atoms with E-state index in [4.69, 9.17) is 4.74 Å². The first-order valence-corrected chi connectivity index (χ1v) is 12.3. The molecule has 1 saturated heterocycles. The third kappa shape index (κ3) is 5.13. The van der Waals surface area contributed by atoms with E-state index in [-0.39, 0.29) is 11.3 Å². The molecule has 0 radical (unpaired) electrons. The lowest BCUT2D eigenvalue weighted by Gasteiger charge is -2.26. The summed E-state index contributed by atoms with van der Waals surface area (Å²) in [4.78, 5) is 30.0. The van der Waals surface area contributed by atoms with E-state index >= 15 is 0 Å². The number of aliphatic hydroxyl groups excluding tert-OH is 1. The van der Waals surface area contributed by atoms with Crippen molar-refractivity contribution in [2.45, 2.75) is 32.2 Å². The topological polar surface area (TPSA) is 70.1 Å². The van der Waals surface area contributed by atoms with Crippen LogP contribution < -0.4 is 14.5 Å². The van der Waals surface area contributed by atoms with Crippen LogP contribution in [0.5, 0.6) is 5.75 Å². The lowest BCUT2D eigenvalue weighted by atomic mass is 9.95. The third-order valence-corrected chi connectivity index (χ3v) is 6.35. The number of Topliss-reactive ketones (excluding diaryl/α,β-unsaturated/α-hetero) is 1. The molecule has 6 nitrogen and oxygen atoms in total. The van der Waals surface area contributed by atoms with Gasteiger partial charge in [-0.25, -0.2) is 0 Å². The van der Waals surface area contributed by atoms with Crippen LogP contribution >= 0.6 is 0 Å². The average molecular weight is 485 g/mol. The standard InChI is InChI=1S/C30H32N2O4/c1-4-5-9-20-36-25-18-14-22(15-19-25)28(33)26-27(21-12-16-23(17-13-21)31(2)3)32(30(35)29(26)34)24-10-7-6-8-11-24/h6-8,10-19,27,33H,4-5,9,20H2,1-3H3/b28-26-. The molecular weight excluding hydrogens is 452 g/mol. The summed E-state index contributed by atoms with van der Waals surface area (Å²) in [6, 6.07) is 22.9. The highest BCUT2D eigenvalue weighted by atomic mass is 16.5. The Balaban J connectivity index is 1.75. The smallest absolute Gasteiger partial charge is 0.300 e. The Morgan fingerprint density at radius 2 is 1.58 bits per heavy atom. The first-order chi connectivity index (χ1) is 17.4. The molecule has 0 bridgehead atoms. The summed E-state index contributed by atoms with van der Waals surface area (Å²) in [5.41, 5.74) is 2.84. The summed E-state index contributed by atoms with van der Waals surface area (Å²) in [6.45, 7) is 2.77. The van der Waals surface area contributed by atoms with Gasteiger partial charge < -0.3 is 14.7 Å².